The van der Waals surface area contributed by atoms with E-state index in [1.807, 2.05) is 27.7 Å². The van der Waals surface area contributed by atoms with Gasteiger partial charge in [-0.3, -0.25) is 4.79 Å². The van der Waals surface area contributed by atoms with Crippen LogP contribution in [0.25, 0.3) is 0 Å². The minimum Gasteiger partial charge on any atom is -0.444 e. The number of rotatable bonds is 5. The predicted molar refractivity (Wildman–Crippen MR) is 133 cm³/mol. The molecule has 0 radical (unpaired) electrons. The summed E-state index contributed by atoms with van der Waals surface area (Å²) in [6.07, 6.45) is 2.98. The lowest BCUT2D eigenvalue weighted by Gasteiger charge is -2.34. The average molecular weight is 524 g/mol. The van der Waals surface area contributed by atoms with Gasteiger partial charge in [-0.25, -0.2) is 23.2 Å². The number of nitrogens with zero attached hydrogens (tertiary/aromatic N) is 3. The van der Waals surface area contributed by atoms with E-state index in [9.17, 15) is 18.0 Å². The number of alkyl carbamates (subject to hydrolysis) is 1. The topological polar surface area (TPSA) is 137 Å². The maximum atomic E-state index is 13.3. The molecule has 13 heteroatoms. The molecule has 1 N–H and O–H groups in total. The van der Waals surface area contributed by atoms with E-state index in [2.05, 4.69) is 15.3 Å². The summed E-state index contributed by atoms with van der Waals surface area (Å²) in [5.41, 5.74) is -1.27. The van der Waals surface area contributed by atoms with Gasteiger partial charge in [-0.2, -0.15) is 0 Å². The third kappa shape index (κ3) is 6.17. The molecule has 36 heavy (non-hydrogen) atoms. The SMILES string of the molecule is C[C@H](NC(=O)OC(C)(C)C)C(=O)N1CCC[C@@H](S(=O)(=O)c2ncc(B3OC(C)(C)C(C)(C)O3)cn2)C1. The Morgan fingerprint density at radius 2 is 1.72 bits per heavy atom. The molecule has 200 valence electrons. The first-order valence-corrected chi connectivity index (χ1v) is 13.7. The lowest BCUT2D eigenvalue weighted by atomic mass is 9.81. The molecule has 0 aromatic carbocycles. The molecule has 0 aliphatic carbocycles. The van der Waals surface area contributed by atoms with Gasteiger partial charge in [-0.05, 0) is 68.2 Å². The molecular formula is C23H37BN4O7S. The fraction of sp³-hybridized carbons (Fsp3) is 0.739. The molecule has 2 aliphatic heterocycles. The van der Waals surface area contributed by atoms with Gasteiger partial charge in [0.15, 0.2) is 0 Å². The number of nitrogens with one attached hydrogen (secondary N) is 1. The molecular weight excluding hydrogens is 487 g/mol. The molecule has 2 atom stereocenters. The van der Waals surface area contributed by atoms with E-state index in [4.69, 9.17) is 14.0 Å². The Morgan fingerprint density at radius 1 is 1.17 bits per heavy atom. The molecule has 11 nitrogen and oxygen atoms in total. The predicted octanol–water partition coefficient (Wildman–Crippen LogP) is 1.45. The summed E-state index contributed by atoms with van der Waals surface area (Å²) in [5.74, 6) is -0.377. The second kappa shape index (κ2) is 9.90. The van der Waals surface area contributed by atoms with E-state index < -0.39 is 51.1 Å². The third-order valence-electron chi connectivity index (χ3n) is 6.66. The summed E-state index contributed by atoms with van der Waals surface area (Å²) in [4.78, 5) is 34.6. The number of carbonyl (C=O) groups excluding carboxylic acids is 2. The van der Waals surface area contributed by atoms with E-state index >= 15 is 0 Å². The van der Waals surface area contributed by atoms with Crippen molar-refractivity contribution in [3.05, 3.63) is 12.4 Å². The highest BCUT2D eigenvalue weighted by molar-refractivity contribution is 7.91. The molecule has 0 spiro atoms. The van der Waals surface area contributed by atoms with E-state index in [1.165, 1.54) is 17.3 Å². The third-order valence-corrected chi connectivity index (χ3v) is 8.64. The highest BCUT2D eigenvalue weighted by atomic mass is 32.2. The number of sulfone groups is 1. The normalized spacial score (nSPS) is 22.7. The maximum Gasteiger partial charge on any atom is 0.498 e. The monoisotopic (exact) mass is 524 g/mol. The van der Waals surface area contributed by atoms with Crippen molar-refractivity contribution in [1.29, 1.82) is 0 Å². The Kier molecular flexibility index (Phi) is 7.79. The Labute approximate surface area is 213 Å². The van der Waals surface area contributed by atoms with Crippen molar-refractivity contribution in [3.8, 4) is 0 Å². The molecule has 2 fully saturated rings. The fourth-order valence-corrected chi connectivity index (χ4v) is 5.49. The number of ether oxygens (including phenoxy) is 1. The van der Waals surface area contributed by atoms with Crippen LogP contribution in [0.5, 0.6) is 0 Å². The number of aromatic nitrogens is 2. The highest BCUT2D eigenvalue weighted by Crippen LogP contribution is 2.36. The summed E-state index contributed by atoms with van der Waals surface area (Å²) in [7, 11) is -4.60. The fourth-order valence-electron chi connectivity index (χ4n) is 3.93. The van der Waals surface area contributed by atoms with Gasteiger partial charge in [-0.1, -0.05) is 0 Å². The number of hydrogen-bond acceptors (Lipinski definition) is 9. The maximum absolute atomic E-state index is 13.3. The molecule has 0 bridgehead atoms. The minimum absolute atomic E-state index is 0.0101. The number of hydrogen-bond donors (Lipinski definition) is 1. The largest absolute Gasteiger partial charge is 0.498 e. The molecule has 2 aliphatic rings. The van der Waals surface area contributed by atoms with Gasteiger partial charge in [0.25, 0.3) is 0 Å². The van der Waals surface area contributed by atoms with Gasteiger partial charge < -0.3 is 24.3 Å². The van der Waals surface area contributed by atoms with Crippen LogP contribution < -0.4 is 10.8 Å². The first-order chi connectivity index (χ1) is 16.4. The molecule has 3 rings (SSSR count). The number of amides is 2. The van der Waals surface area contributed by atoms with Crippen molar-refractivity contribution < 1.29 is 32.1 Å². The van der Waals surface area contributed by atoms with Gasteiger partial charge >= 0.3 is 13.2 Å². The van der Waals surface area contributed by atoms with Crippen LogP contribution >= 0.6 is 0 Å². The molecule has 0 saturated carbocycles. The molecule has 1 aromatic heterocycles. The van der Waals surface area contributed by atoms with Crippen molar-refractivity contribution in [2.45, 2.75) is 101 Å². The van der Waals surface area contributed by atoms with Crippen LogP contribution in [0, 0.1) is 0 Å². The van der Waals surface area contributed by atoms with Gasteiger partial charge in [0, 0.05) is 30.9 Å². The van der Waals surface area contributed by atoms with Gasteiger partial charge in [0.1, 0.15) is 11.6 Å². The van der Waals surface area contributed by atoms with Crippen molar-refractivity contribution >= 4 is 34.4 Å². The van der Waals surface area contributed by atoms with E-state index in [0.29, 0.717) is 24.8 Å². The van der Waals surface area contributed by atoms with Crippen molar-refractivity contribution in [1.82, 2.24) is 20.2 Å². The molecule has 3 heterocycles. The van der Waals surface area contributed by atoms with Crippen molar-refractivity contribution in [3.63, 3.8) is 0 Å². The minimum atomic E-state index is -3.90. The Hall–Kier alpha value is -2.25. The summed E-state index contributed by atoms with van der Waals surface area (Å²) in [5, 5.41) is 1.35. The molecule has 0 unspecified atom stereocenters. The lowest BCUT2D eigenvalue weighted by molar-refractivity contribution is -0.133. The van der Waals surface area contributed by atoms with Gasteiger partial charge in [0.05, 0.1) is 16.5 Å². The summed E-state index contributed by atoms with van der Waals surface area (Å²) in [6, 6.07) is -0.864. The number of piperidine rings is 1. The number of carbonyl (C=O) groups is 2. The molecule has 1 aromatic rings. The van der Waals surface area contributed by atoms with Crippen LogP contribution in [0.1, 0.15) is 68.2 Å². The summed E-state index contributed by atoms with van der Waals surface area (Å²) < 4.78 is 43.7. The van der Waals surface area contributed by atoms with Crippen molar-refractivity contribution in [2.24, 2.45) is 0 Å². The van der Waals surface area contributed by atoms with E-state index in [0.717, 1.165) is 0 Å². The lowest BCUT2D eigenvalue weighted by Crippen LogP contribution is -2.52. The van der Waals surface area contributed by atoms with Crippen LogP contribution in [0.4, 0.5) is 4.79 Å². The summed E-state index contributed by atoms with van der Waals surface area (Å²) >= 11 is 0. The Morgan fingerprint density at radius 3 is 2.25 bits per heavy atom. The van der Waals surface area contributed by atoms with Crippen LogP contribution in [-0.4, -0.2) is 83.6 Å². The number of likely N-dealkylation sites (tertiary alicyclic amines) is 1. The average Bonchev–Trinajstić information content (AvgIpc) is 2.99. The van der Waals surface area contributed by atoms with Gasteiger partial charge in [0.2, 0.25) is 20.9 Å². The van der Waals surface area contributed by atoms with Gasteiger partial charge in [-0.15, -0.1) is 0 Å². The smallest absolute Gasteiger partial charge is 0.444 e. The zero-order valence-electron chi connectivity index (χ0n) is 22.3. The van der Waals surface area contributed by atoms with Crippen LogP contribution in [0.2, 0.25) is 0 Å². The standard InChI is InChI=1S/C23H37BN4O7S/c1-15(27-20(30)33-21(2,3)4)18(29)28-11-9-10-17(14-28)36(31,32)19-25-12-16(13-26-19)24-34-22(5,6)23(7,8)35-24/h12-13,15,17H,9-11,14H2,1-8H3,(H,27,30)/t15-,17+/m0/s1. The zero-order chi connectivity index (χ0) is 27.1. The van der Waals surface area contributed by atoms with E-state index in [-0.39, 0.29) is 17.6 Å². The summed E-state index contributed by atoms with van der Waals surface area (Å²) in [6.45, 7) is 14.8. The second-order valence-electron chi connectivity index (χ2n) is 11.3. The van der Waals surface area contributed by atoms with Crippen LogP contribution in [0.15, 0.2) is 17.6 Å². The quantitative estimate of drug-likeness (QED) is 0.448. The Bertz CT molecular complexity index is 1070. The molecule has 2 amide bonds. The van der Waals surface area contributed by atoms with Crippen molar-refractivity contribution in [2.75, 3.05) is 13.1 Å². The Balaban J connectivity index is 1.66. The highest BCUT2D eigenvalue weighted by Gasteiger charge is 2.52. The second-order valence-corrected chi connectivity index (χ2v) is 13.5. The van der Waals surface area contributed by atoms with Crippen LogP contribution in [0.3, 0.4) is 0 Å². The first-order valence-electron chi connectivity index (χ1n) is 12.1. The van der Waals surface area contributed by atoms with Crippen LogP contribution in [-0.2, 0) is 28.7 Å². The zero-order valence-corrected chi connectivity index (χ0v) is 23.1. The van der Waals surface area contributed by atoms with E-state index in [1.54, 1.807) is 27.7 Å². The molecule has 2 saturated heterocycles. The first kappa shape index (κ1) is 28.3.